The molecule has 39 heavy (non-hydrogen) atoms. The van der Waals surface area contributed by atoms with E-state index in [0.29, 0.717) is 30.1 Å². The van der Waals surface area contributed by atoms with Gasteiger partial charge in [0.2, 0.25) is 11.9 Å². The minimum atomic E-state index is -1.09. The first kappa shape index (κ1) is 24.6. The number of guanidine groups is 1. The number of nitrogens with one attached hydrogen (secondary N) is 3. The van der Waals surface area contributed by atoms with Crippen LogP contribution in [0.5, 0.6) is 0 Å². The van der Waals surface area contributed by atoms with E-state index in [4.69, 9.17) is 15.2 Å². The number of aliphatic imine (C=N–C) groups is 1. The van der Waals surface area contributed by atoms with Gasteiger partial charge in [-0.3, -0.25) is 14.5 Å². The van der Waals surface area contributed by atoms with Crippen LogP contribution in [0.15, 0.2) is 28.1 Å². The molecule has 1 aromatic carbocycles. The summed E-state index contributed by atoms with van der Waals surface area (Å²) in [4.78, 5) is 19.8. The van der Waals surface area contributed by atoms with E-state index >= 15 is 0 Å². The number of fused-ring (bicyclic) bond motifs is 3. The number of nitriles is 1. The first-order chi connectivity index (χ1) is 19.0. The highest BCUT2D eigenvalue weighted by Gasteiger charge is 2.43. The molecule has 2 aromatic rings. The second-order valence-corrected chi connectivity index (χ2v) is 13.2. The molecule has 2 aliphatic carbocycles. The number of rotatable bonds is 6. The van der Waals surface area contributed by atoms with Crippen molar-refractivity contribution >= 4 is 34.2 Å². The Hall–Kier alpha value is -3.39. The van der Waals surface area contributed by atoms with E-state index in [0.717, 1.165) is 74.2 Å². The van der Waals surface area contributed by atoms with Crippen LogP contribution in [0.1, 0.15) is 36.1 Å². The maximum absolute atomic E-state index is 13.0. The lowest BCUT2D eigenvalue weighted by Crippen LogP contribution is -2.55. The average Bonchev–Trinajstić information content (AvgIpc) is 3.59. The maximum Gasteiger partial charge on any atom is 0.227 e. The van der Waals surface area contributed by atoms with E-state index in [2.05, 4.69) is 48.9 Å². The van der Waals surface area contributed by atoms with E-state index in [9.17, 15) is 4.21 Å². The maximum atomic E-state index is 13.0. The monoisotopic (exact) mass is 545 g/mol. The average molecular weight is 546 g/mol. The fourth-order valence-electron chi connectivity index (χ4n) is 6.84. The first-order valence-corrected chi connectivity index (χ1v) is 15.4. The van der Waals surface area contributed by atoms with E-state index in [1.54, 1.807) is 7.05 Å². The summed E-state index contributed by atoms with van der Waals surface area (Å²) in [6, 6.07) is 7.01. The van der Waals surface area contributed by atoms with Crippen LogP contribution in [0.25, 0.3) is 0 Å². The van der Waals surface area contributed by atoms with Gasteiger partial charge in [-0.15, -0.1) is 0 Å². The van der Waals surface area contributed by atoms with Crippen molar-refractivity contribution in [3.8, 4) is 6.19 Å². The number of aromatic nitrogens is 2. The highest BCUT2D eigenvalue weighted by molar-refractivity contribution is 7.85. The minimum Gasteiger partial charge on any atom is -0.371 e. The number of hydrogen-bond acceptors (Lipinski definition) is 8. The van der Waals surface area contributed by atoms with Crippen molar-refractivity contribution in [1.82, 2.24) is 20.6 Å². The van der Waals surface area contributed by atoms with E-state index in [-0.39, 0.29) is 5.54 Å². The van der Waals surface area contributed by atoms with Crippen molar-refractivity contribution in [2.75, 3.05) is 60.6 Å². The van der Waals surface area contributed by atoms with Crippen molar-refractivity contribution < 1.29 is 4.21 Å². The van der Waals surface area contributed by atoms with Gasteiger partial charge in [0.25, 0.3) is 0 Å². The smallest absolute Gasteiger partial charge is 0.227 e. The van der Waals surface area contributed by atoms with Gasteiger partial charge in [-0.25, -0.2) is 4.98 Å². The van der Waals surface area contributed by atoms with Crippen LogP contribution >= 0.6 is 0 Å². The molecule has 2 saturated heterocycles. The highest BCUT2D eigenvalue weighted by Crippen LogP contribution is 2.40. The number of nitrogens with zero attached hydrogens (tertiary/aromatic N) is 6. The molecule has 3 aliphatic heterocycles. The third kappa shape index (κ3) is 4.39. The number of hydrogen-bond donors (Lipinski definition) is 3. The lowest BCUT2D eigenvalue weighted by Gasteiger charge is -2.43. The summed E-state index contributed by atoms with van der Waals surface area (Å²) >= 11 is 0. The van der Waals surface area contributed by atoms with Gasteiger partial charge < -0.3 is 20.4 Å². The Morgan fingerprint density at radius 2 is 1.90 bits per heavy atom. The zero-order valence-electron chi connectivity index (χ0n) is 22.4. The molecule has 3 N–H and O–H groups in total. The van der Waals surface area contributed by atoms with E-state index in [1.165, 1.54) is 29.7 Å². The van der Waals surface area contributed by atoms with Crippen molar-refractivity contribution in [2.45, 2.75) is 49.0 Å². The molecule has 0 amide bonds. The number of anilines is 3. The molecule has 1 saturated carbocycles. The van der Waals surface area contributed by atoms with Crippen molar-refractivity contribution in [3.63, 3.8) is 0 Å². The van der Waals surface area contributed by atoms with E-state index < -0.39 is 10.8 Å². The van der Waals surface area contributed by atoms with Gasteiger partial charge in [-0.1, -0.05) is 6.07 Å². The van der Waals surface area contributed by atoms with Crippen LogP contribution < -0.4 is 25.8 Å². The molecular formula is C28H35N9OS. The van der Waals surface area contributed by atoms with Crippen LogP contribution in [0.3, 0.4) is 0 Å². The van der Waals surface area contributed by atoms with Gasteiger partial charge in [-0.2, -0.15) is 10.2 Å². The Labute approximate surface area is 231 Å². The third-order valence-corrected chi connectivity index (χ3v) is 10.8. The molecule has 3 fully saturated rings. The van der Waals surface area contributed by atoms with Gasteiger partial charge in [0.15, 0.2) is 6.19 Å². The molecule has 0 bridgehead atoms. The first-order valence-electron chi connectivity index (χ1n) is 14.1. The van der Waals surface area contributed by atoms with E-state index in [1.807, 2.05) is 6.19 Å². The highest BCUT2D eigenvalue weighted by atomic mass is 32.2. The Balaban J connectivity index is 1.08. The SMILES string of the molecule is CN=C(NC#N)NCC1(Nc2nc(N3CC4CN(c5ccc6c(c5)CC6)CC4C3)nc3c2[S@@](=O)CC3)CCC1. The zero-order valence-corrected chi connectivity index (χ0v) is 23.2. The molecule has 7 rings (SSSR count). The Bertz CT molecular complexity index is 1380. The Morgan fingerprint density at radius 1 is 1.13 bits per heavy atom. The molecule has 11 heteroatoms. The standard InChI is InChI=1S/C28H35N9OS/c1-30-26(32-17-29)31-16-28(8-2-9-28)35-25-24-23(7-10-39(24)38)33-27(34-25)37-14-20-12-36(13-21(20)15-37)22-6-5-18-3-4-19(18)11-22/h5-6,11,20-21H,2-4,7-10,12-16H2,1H3,(H2,30,31,32)(H,33,34,35)/t20?,21?,39-/m0/s1. The minimum absolute atomic E-state index is 0.224. The summed E-state index contributed by atoms with van der Waals surface area (Å²) in [6.07, 6.45) is 8.14. The molecule has 0 spiro atoms. The molecule has 5 aliphatic rings. The van der Waals surface area contributed by atoms with Crippen LogP contribution in [0, 0.1) is 23.3 Å². The zero-order chi connectivity index (χ0) is 26.6. The van der Waals surface area contributed by atoms with Crippen LogP contribution in [0.2, 0.25) is 0 Å². The van der Waals surface area contributed by atoms with Crippen molar-refractivity contribution in [1.29, 1.82) is 5.26 Å². The molecule has 1 aromatic heterocycles. The van der Waals surface area contributed by atoms with Crippen molar-refractivity contribution in [2.24, 2.45) is 16.8 Å². The quantitative estimate of drug-likeness (QED) is 0.216. The van der Waals surface area contributed by atoms with Gasteiger partial charge in [0.1, 0.15) is 10.7 Å². The molecule has 2 unspecified atom stereocenters. The van der Waals surface area contributed by atoms with Crippen LogP contribution in [-0.4, -0.2) is 71.2 Å². The van der Waals surface area contributed by atoms with Crippen LogP contribution in [0.4, 0.5) is 17.5 Å². The second-order valence-electron chi connectivity index (χ2n) is 11.7. The molecule has 3 atom stereocenters. The van der Waals surface area contributed by atoms with Gasteiger partial charge in [0.05, 0.1) is 22.0 Å². The predicted octanol–water partition coefficient (Wildman–Crippen LogP) is 1.79. The predicted molar refractivity (Wildman–Crippen MR) is 153 cm³/mol. The fraction of sp³-hybridized carbons (Fsp3) is 0.571. The normalized spacial score (nSPS) is 26.2. The van der Waals surface area contributed by atoms with Crippen molar-refractivity contribution in [3.05, 3.63) is 35.0 Å². The second kappa shape index (κ2) is 9.66. The molecule has 10 nitrogen and oxygen atoms in total. The van der Waals surface area contributed by atoms with Crippen LogP contribution in [-0.2, 0) is 30.1 Å². The summed E-state index contributed by atoms with van der Waals surface area (Å²) in [6.45, 7) is 4.66. The molecule has 204 valence electrons. The summed E-state index contributed by atoms with van der Waals surface area (Å²) in [5.41, 5.74) is 5.11. The topological polar surface area (TPSA) is 122 Å². The number of aryl methyl sites for hydroxylation is 3. The fourth-order valence-corrected chi connectivity index (χ4v) is 8.15. The lowest BCUT2D eigenvalue weighted by atomic mass is 9.76. The largest absolute Gasteiger partial charge is 0.371 e. The van der Waals surface area contributed by atoms with Gasteiger partial charge >= 0.3 is 0 Å². The summed E-state index contributed by atoms with van der Waals surface area (Å²) in [7, 11) is 0.558. The summed E-state index contributed by atoms with van der Waals surface area (Å²) in [5, 5.41) is 18.5. The third-order valence-electron chi connectivity index (χ3n) is 9.35. The Kier molecular flexibility index (Phi) is 6.10. The molecule has 0 radical (unpaired) electrons. The van der Waals surface area contributed by atoms with Gasteiger partial charge in [-0.05, 0) is 55.4 Å². The van der Waals surface area contributed by atoms with Gasteiger partial charge in [0, 0.05) is 69.5 Å². The number of benzene rings is 1. The summed E-state index contributed by atoms with van der Waals surface area (Å²) < 4.78 is 13.0. The lowest BCUT2D eigenvalue weighted by molar-refractivity contribution is 0.276. The summed E-state index contributed by atoms with van der Waals surface area (Å²) in [5.74, 6) is 3.73. The Morgan fingerprint density at radius 3 is 2.54 bits per heavy atom. The molecule has 4 heterocycles. The molecular weight excluding hydrogens is 510 g/mol.